The van der Waals surface area contributed by atoms with E-state index >= 15 is 8.78 Å². The molecule has 1 heterocycles. The first-order valence-electron chi connectivity index (χ1n) is 16.5. The van der Waals surface area contributed by atoms with Crippen LogP contribution in [-0.4, -0.2) is 32.0 Å². The van der Waals surface area contributed by atoms with Crippen molar-refractivity contribution in [2.45, 2.75) is 103 Å². The van der Waals surface area contributed by atoms with Gasteiger partial charge in [-0.15, -0.1) is 13.2 Å². The summed E-state index contributed by atoms with van der Waals surface area (Å²) >= 11 is 0. The zero-order valence-corrected chi connectivity index (χ0v) is 25.8. The van der Waals surface area contributed by atoms with E-state index in [9.17, 15) is 17.6 Å². The quantitative estimate of drug-likeness (QED) is 0.181. The number of halogens is 6. The Labute approximate surface area is 261 Å². The van der Waals surface area contributed by atoms with E-state index in [-0.39, 0.29) is 41.9 Å². The second-order valence-electron chi connectivity index (χ2n) is 13.1. The molecule has 3 fully saturated rings. The van der Waals surface area contributed by atoms with Gasteiger partial charge in [0.25, 0.3) is 0 Å². The van der Waals surface area contributed by atoms with Gasteiger partial charge in [0.05, 0.1) is 19.1 Å². The van der Waals surface area contributed by atoms with Crippen molar-refractivity contribution >= 4 is 0 Å². The zero-order chi connectivity index (χ0) is 32.0. The second kappa shape index (κ2) is 15.0. The minimum atomic E-state index is -4.84. The summed E-state index contributed by atoms with van der Waals surface area (Å²) in [5.41, 5.74) is 0.303. The number of benzene rings is 2. The van der Waals surface area contributed by atoms with Crippen molar-refractivity contribution in [1.82, 2.24) is 0 Å². The summed E-state index contributed by atoms with van der Waals surface area (Å²) < 4.78 is 103. The molecule has 250 valence electrons. The minimum Gasteiger partial charge on any atom is -0.432 e. The Balaban J connectivity index is 1.06. The summed E-state index contributed by atoms with van der Waals surface area (Å²) in [6.45, 7) is 3.58. The third-order valence-corrected chi connectivity index (χ3v) is 9.95. The van der Waals surface area contributed by atoms with Gasteiger partial charge in [0.2, 0.25) is 0 Å². The van der Waals surface area contributed by atoms with Crippen LogP contribution < -0.4 is 9.47 Å². The fourth-order valence-electron chi connectivity index (χ4n) is 7.31. The molecule has 45 heavy (non-hydrogen) atoms. The number of alkyl halides is 5. The fraction of sp³-hybridized carbons (Fsp3) is 0.657. The van der Waals surface area contributed by atoms with Crippen LogP contribution >= 0.6 is 0 Å². The summed E-state index contributed by atoms with van der Waals surface area (Å²) in [7, 11) is 0. The summed E-state index contributed by atoms with van der Waals surface area (Å²) in [6.07, 6.45) is 3.16. The van der Waals surface area contributed by atoms with E-state index < -0.39 is 30.0 Å². The standard InChI is InChI=1S/C35H44F6O4/c1-2-3-4-5-23-6-8-24(9-7-23)27-21-42-33(43-22-27)26-10-14-28(15-11-26)34(37,38)44-30-18-19-31(32(36)20-30)25-12-16-29(17-13-25)45-35(39,40)41/h12-13,16-20,23-24,26-28,33H,2-11,14-15,21-22H2,1H3. The van der Waals surface area contributed by atoms with E-state index in [0.29, 0.717) is 37.9 Å². The van der Waals surface area contributed by atoms with Gasteiger partial charge in [-0.05, 0) is 80.2 Å². The molecule has 0 atom stereocenters. The van der Waals surface area contributed by atoms with E-state index in [1.807, 2.05) is 0 Å². The number of hydrogen-bond donors (Lipinski definition) is 0. The average molecular weight is 643 g/mol. The van der Waals surface area contributed by atoms with Crippen LogP contribution in [-0.2, 0) is 9.47 Å². The predicted molar refractivity (Wildman–Crippen MR) is 158 cm³/mol. The maximum Gasteiger partial charge on any atom is 0.573 e. The van der Waals surface area contributed by atoms with E-state index in [1.54, 1.807) is 0 Å². The number of unbranched alkanes of at least 4 members (excludes halogenated alkanes) is 2. The van der Waals surface area contributed by atoms with Gasteiger partial charge in [-0.25, -0.2) is 4.39 Å². The Hall–Kier alpha value is -2.46. The van der Waals surface area contributed by atoms with Crippen LogP contribution in [0.25, 0.3) is 11.1 Å². The lowest BCUT2D eigenvalue weighted by Crippen LogP contribution is -2.43. The monoisotopic (exact) mass is 642 g/mol. The Morgan fingerprint density at radius 2 is 1.33 bits per heavy atom. The average Bonchev–Trinajstić information content (AvgIpc) is 3.01. The molecule has 0 spiro atoms. The van der Waals surface area contributed by atoms with Gasteiger partial charge in [0.15, 0.2) is 6.29 Å². The molecule has 2 aliphatic carbocycles. The smallest absolute Gasteiger partial charge is 0.432 e. The molecule has 0 amide bonds. The highest BCUT2D eigenvalue weighted by atomic mass is 19.4. The van der Waals surface area contributed by atoms with Crippen molar-refractivity contribution in [3.8, 4) is 22.6 Å². The predicted octanol–water partition coefficient (Wildman–Crippen LogP) is 10.5. The maximum absolute atomic E-state index is 15.2. The highest BCUT2D eigenvalue weighted by Crippen LogP contribution is 2.44. The van der Waals surface area contributed by atoms with Crippen molar-refractivity contribution in [1.29, 1.82) is 0 Å². The summed E-state index contributed by atoms with van der Waals surface area (Å²) in [5.74, 6) is -0.672. The molecule has 4 nitrogen and oxygen atoms in total. The van der Waals surface area contributed by atoms with Crippen LogP contribution in [0.4, 0.5) is 26.3 Å². The lowest BCUT2D eigenvalue weighted by Gasteiger charge is -2.41. The Bertz CT molecular complexity index is 1200. The number of hydrogen-bond acceptors (Lipinski definition) is 4. The highest BCUT2D eigenvalue weighted by Gasteiger charge is 2.46. The van der Waals surface area contributed by atoms with Crippen LogP contribution in [0.3, 0.4) is 0 Å². The normalized spacial score (nSPS) is 28.1. The Kier molecular flexibility index (Phi) is 11.3. The lowest BCUT2D eigenvalue weighted by molar-refractivity contribution is -0.274. The van der Waals surface area contributed by atoms with Crippen LogP contribution in [0.15, 0.2) is 42.5 Å². The summed E-state index contributed by atoms with van der Waals surface area (Å²) in [6, 6.07) is 7.99. The fourth-order valence-corrected chi connectivity index (χ4v) is 7.31. The van der Waals surface area contributed by atoms with Crippen molar-refractivity contribution < 1.29 is 45.3 Å². The molecule has 2 aromatic carbocycles. The molecular formula is C35H44F6O4. The molecule has 1 aliphatic heterocycles. The molecule has 3 aliphatic rings. The molecular weight excluding hydrogens is 598 g/mol. The van der Waals surface area contributed by atoms with Gasteiger partial charge in [0, 0.05) is 23.5 Å². The first-order valence-corrected chi connectivity index (χ1v) is 16.5. The largest absolute Gasteiger partial charge is 0.573 e. The first-order chi connectivity index (χ1) is 21.5. The third-order valence-electron chi connectivity index (χ3n) is 9.95. The van der Waals surface area contributed by atoms with Gasteiger partial charge in [-0.1, -0.05) is 57.6 Å². The third kappa shape index (κ3) is 9.31. The molecule has 0 unspecified atom stereocenters. The molecule has 0 radical (unpaired) electrons. The van der Waals surface area contributed by atoms with Crippen LogP contribution in [0.2, 0.25) is 0 Å². The number of ether oxygens (including phenoxy) is 4. The molecule has 2 aromatic rings. The number of rotatable bonds is 11. The molecule has 5 rings (SSSR count). The molecule has 0 aromatic heterocycles. The maximum atomic E-state index is 15.2. The van der Waals surface area contributed by atoms with Crippen molar-refractivity contribution in [2.75, 3.05) is 13.2 Å². The van der Waals surface area contributed by atoms with Gasteiger partial charge >= 0.3 is 12.5 Å². The van der Waals surface area contributed by atoms with Crippen molar-refractivity contribution in [3.63, 3.8) is 0 Å². The highest BCUT2D eigenvalue weighted by molar-refractivity contribution is 5.65. The zero-order valence-electron chi connectivity index (χ0n) is 25.8. The van der Waals surface area contributed by atoms with E-state index in [4.69, 9.17) is 14.2 Å². The Morgan fingerprint density at radius 3 is 1.93 bits per heavy atom. The first kappa shape index (κ1) is 33.9. The minimum absolute atomic E-state index is 0.0366. The van der Waals surface area contributed by atoms with Gasteiger partial charge in [-0.2, -0.15) is 8.78 Å². The Morgan fingerprint density at radius 1 is 0.711 bits per heavy atom. The topological polar surface area (TPSA) is 36.9 Å². The second-order valence-corrected chi connectivity index (χ2v) is 13.1. The van der Waals surface area contributed by atoms with Gasteiger partial charge < -0.3 is 18.9 Å². The summed E-state index contributed by atoms with van der Waals surface area (Å²) in [5, 5.41) is 0. The van der Waals surface area contributed by atoms with Crippen LogP contribution in [0.1, 0.15) is 84.0 Å². The van der Waals surface area contributed by atoms with E-state index in [1.165, 1.54) is 75.6 Å². The van der Waals surface area contributed by atoms with Crippen molar-refractivity contribution in [2.24, 2.45) is 29.6 Å². The molecule has 0 bridgehead atoms. The van der Waals surface area contributed by atoms with Crippen molar-refractivity contribution in [3.05, 3.63) is 48.3 Å². The van der Waals surface area contributed by atoms with Crippen LogP contribution in [0, 0.1) is 35.4 Å². The SMILES string of the molecule is CCCCCC1CCC(C2COC(C3CCC(C(F)(F)Oc4ccc(-c5ccc(OC(F)(F)F)cc5)c(F)c4)CC3)OC2)CC1. The van der Waals surface area contributed by atoms with E-state index in [0.717, 1.165) is 24.1 Å². The van der Waals surface area contributed by atoms with E-state index in [2.05, 4.69) is 11.7 Å². The molecule has 10 heteroatoms. The lowest BCUT2D eigenvalue weighted by atomic mass is 9.74. The molecule has 1 saturated heterocycles. The van der Waals surface area contributed by atoms with Gasteiger partial charge in [0.1, 0.15) is 17.3 Å². The summed E-state index contributed by atoms with van der Waals surface area (Å²) in [4.78, 5) is 0. The molecule has 2 saturated carbocycles. The molecule has 0 N–H and O–H groups in total. The van der Waals surface area contributed by atoms with Gasteiger partial charge in [-0.3, -0.25) is 0 Å². The van der Waals surface area contributed by atoms with Crippen LogP contribution in [0.5, 0.6) is 11.5 Å².